The fraction of sp³-hybridized carbons (Fsp3) is 0.500. The molecule has 0 radical (unpaired) electrons. The number of nitrogens with zero attached hydrogens (tertiary/aromatic N) is 1. The van der Waals surface area contributed by atoms with E-state index in [1.54, 1.807) is 20.8 Å². The van der Waals surface area contributed by atoms with Crippen molar-refractivity contribution in [1.29, 1.82) is 0 Å². The van der Waals surface area contributed by atoms with Crippen molar-refractivity contribution in [2.75, 3.05) is 6.54 Å². The number of likely N-dealkylation sites (tertiary alicyclic amines) is 1. The van der Waals surface area contributed by atoms with Crippen LogP contribution in [-0.2, 0) is 20.9 Å². The molecule has 1 aliphatic heterocycles. The second-order valence-electron chi connectivity index (χ2n) is 6.07. The molecule has 114 valence electrons. The van der Waals surface area contributed by atoms with E-state index < -0.39 is 17.7 Å². The standard InChI is InChI=1S/C16H21NO4/c1-16(2,3)21-15(19)17-10-9-13(17)14(18)20-11-12-7-5-4-6-8-12/h4-8,13H,9-11H2,1-3H3/t13-/m1/s1. The number of rotatable bonds is 3. The van der Waals surface area contributed by atoms with Crippen LogP contribution in [0.25, 0.3) is 0 Å². The monoisotopic (exact) mass is 291 g/mol. The smallest absolute Gasteiger partial charge is 0.411 e. The molecule has 1 saturated heterocycles. The normalized spacial score (nSPS) is 17.9. The van der Waals surface area contributed by atoms with Crippen molar-refractivity contribution in [2.45, 2.75) is 45.4 Å². The van der Waals surface area contributed by atoms with Gasteiger partial charge in [0.15, 0.2) is 0 Å². The van der Waals surface area contributed by atoms with E-state index in [0.717, 1.165) is 5.56 Å². The summed E-state index contributed by atoms with van der Waals surface area (Å²) in [6.45, 7) is 6.15. The predicted octanol–water partition coefficient (Wildman–Crippen LogP) is 2.74. The third kappa shape index (κ3) is 4.21. The Balaban J connectivity index is 1.84. The number of hydrogen-bond acceptors (Lipinski definition) is 4. The summed E-state index contributed by atoms with van der Waals surface area (Å²) >= 11 is 0. The lowest BCUT2D eigenvalue weighted by Gasteiger charge is -2.39. The molecule has 0 spiro atoms. The minimum atomic E-state index is -0.564. The maximum Gasteiger partial charge on any atom is 0.411 e. The van der Waals surface area contributed by atoms with Crippen LogP contribution in [0, 0.1) is 0 Å². The van der Waals surface area contributed by atoms with E-state index in [1.807, 2.05) is 30.3 Å². The van der Waals surface area contributed by atoms with Gasteiger partial charge in [0.25, 0.3) is 0 Å². The molecule has 0 unspecified atom stereocenters. The molecule has 1 atom stereocenters. The summed E-state index contributed by atoms with van der Waals surface area (Å²) in [5, 5.41) is 0. The Morgan fingerprint density at radius 3 is 2.43 bits per heavy atom. The SMILES string of the molecule is CC(C)(C)OC(=O)N1CC[C@@H]1C(=O)OCc1ccccc1. The predicted molar refractivity (Wildman–Crippen MR) is 77.6 cm³/mol. The molecule has 1 aromatic rings. The van der Waals surface area contributed by atoms with Crippen LogP contribution in [0.1, 0.15) is 32.8 Å². The number of carbonyl (C=O) groups is 2. The topological polar surface area (TPSA) is 55.8 Å². The van der Waals surface area contributed by atoms with Gasteiger partial charge in [-0.1, -0.05) is 30.3 Å². The number of ether oxygens (including phenoxy) is 2. The molecule has 0 aliphatic carbocycles. The largest absolute Gasteiger partial charge is 0.459 e. The van der Waals surface area contributed by atoms with Crippen molar-refractivity contribution >= 4 is 12.1 Å². The molecule has 1 amide bonds. The Morgan fingerprint density at radius 1 is 1.24 bits per heavy atom. The lowest BCUT2D eigenvalue weighted by Crippen LogP contribution is -2.56. The quantitative estimate of drug-likeness (QED) is 0.804. The van der Waals surface area contributed by atoms with Crippen LogP contribution >= 0.6 is 0 Å². The molecule has 0 bridgehead atoms. The first kappa shape index (κ1) is 15.4. The first-order chi connectivity index (χ1) is 9.87. The van der Waals surface area contributed by atoms with Gasteiger partial charge in [-0.25, -0.2) is 9.59 Å². The van der Waals surface area contributed by atoms with E-state index in [2.05, 4.69) is 0 Å². The zero-order valence-corrected chi connectivity index (χ0v) is 12.7. The van der Waals surface area contributed by atoms with E-state index in [0.29, 0.717) is 13.0 Å². The fourth-order valence-corrected chi connectivity index (χ4v) is 2.00. The highest BCUT2D eigenvalue weighted by Gasteiger charge is 2.40. The van der Waals surface area contributed by atoms with Gasteiger partial charge in [0.2, 0.25) is 0 Å². The first-order valence-corrected chi connectivity index (χ1v) is 7.07. The number of benzene rings is 1. The third-order valence-corrected chi connectivity index (χ3v) is 3.14. The maximum absolute atomic E-state index is 12.0. The molecular formula is C16H21NO4. The molecule has 2 rings (SSSR count). The number of hydrogen-bond donors (Lipinski definition) is 0. The lowest BCUT2D eigenvalue weighted by molar-refractivity contribution is -0.155. The van der Waals surface area contributed by atoms with Gasteiger partial charge in [-0.15, -0.1) is 0 Å². The number of amides is 1. The maximum atomic E-state index is 12.0. The van der Waals surface area contributed by atoms with Gasteiger partial charge in [-0.2, -0.15) is 0 Å². The summed E-state index contributed by atoms with van der Waals surface area (Å²) in [5.74, 6) is -0.379. The second kappa shape index (κ2) is 6.16. The Labute approximate surface area is 124 Å². The van der Waals surface area contributed by atoms with Crippen molar-refractivity contribution in [3.63, 3.8) is 0 Å². The number of carbonyl (C=O) groups excluding carboxylic acids is 2. The minimum absolute atomic E-state index is 0.221. The summed E-state index contributed by atoms with van der Waals surface area (Å²) in [6, 6.07) is 8.93. The van der Waals surface area contributed by atoms with E-state index in [4.69, 9.17) is 9.47 Å². The van der Waals surface area contributed by atoms with Crippen LogP contribution in [0.5, 0.6) is 0 Å². The van der Waals surface area contributed by atoms with Crippen molar-refractivity contribution < 1.29 is 19.1 Å². The molecule has 0 saturated carbocycles. The van der Waals surface area contributed by atoms with Crippen LogP contribution in [-0.4, -0.2) is 35.2 Å². The van der Waals surface area contributed by atoms with Gasteiger partial charge in [0.1, 0.15) is 18.2 Å². The van der Waals surface area contributed by atoms with Crippen molar-refractivity contribution in [2.24, 2.45) is 0 Å². The van der Waals surface area contributed by atoms with E-state index >= 15 is 0 Å². The Bertz CT molecular complexity index is 507. The molecular weight excluding hydrogens is 270 g/mol. The summed E-state index contributed by atoms with van der Waals surface area (Å²) in [6.07, 6.45) is 0.155. The van der Waals surface area contributed by atoms with Gasteiger partial charge in [-0.05, 0) is 32.8 Å². The van der Waals surface area contributed by atoms with Gasteiger partial charge < -0.3 is 9.47 Å². The van der Waals surface area contributed by atoms with Crippen molar-refractivity contribution in [1.82, 2.24) is 4.90 Å². The van der Waals surface area contributed by atoms with Gasteiger partial charge >= 0.3 is 12.1 Å². The van der Waals surface area contributed by atoms with Crippen molar-refractivity contribution in [3.8, 4) is 0 Å². The fourth-order valence-electron chi connectivity index (χ4n) is 2.00. The third-order valence-electron chi connectivity index (χ3n) is 3.14. The van der Waals surface area contributed by atoms with Crippen LogP contribution in [0.15, 0.2) is 30.3 Å². The molecule has 0 N–H and O–H groups in total. The van der Waals surface area contributed by atoms with E-state index in [-0.39, 0.29) is 12.6 Å². The van der Waals surface area contributed by atoms with E-state index in [1.165, 1.54) is 4.90 Å². The van der Waals surface area contributed by atoms with Crippen LogP contribution in [0.2, 0.25) is 0 Å². The molecule has 21 heavy (non-hydrogen) atoms. The average Bonchev–Trinajstić information content (AvgIpc) is 2.34. The molecule has 5 heteroatoms. The average molecular weight is 291 g/mol. The van der Waals surface area contributed by atoms with Crippen LogP contribution < -0.4 is 0 Å². The zero-order valence-electron chi connectivity index (χ0n) is 12.7. The Kier molecular flexibility index (Phi) is 4.50. The van der Waals surface area contributed by atoms with Crippen LogP contribution in [0.3, 0.4) is 0 Å². The molecule has 1 aromatic carbocycles. The molecule has 5 nitrogen and oxygen atoms in total. The highest BCUT2D eigenvalue weighted by molar-refractivity contribution is 5.83. The number of esters is 1. The second-order valence-corrected chi connectivity index (χ2v) is 6.07. The lowest BCUT2D eigenvalue weighted by atomic mass is 10.0. The Morgan fingerprint density at radius 2 is 1.90 bits per heavy atom. The summed E-state index contributed by atoms with van der Waals surface area (Å²) in [4.78, 5) is 25.3. The highest BCUT2D eigenvalue weighted by atomic mass is 16.6. The highest BCUT2D eigenvalue weighted by Crippen LogP contribution is 2.22. The van der Waals surface area contributed by atoms with E-state index in [9.17, 15) is 9.59 Å². The van der Waals surface area contributed by atoms with Gasteiger partial charge in [-0.3, -0.25) is 4.90 Å². The molecule has 1 heterocycles. The summed E-state index contributed by atoms with van der Waals surface area (Å²) in [7, 11) is 0. The molecule has 1 fully saturated rings. The van der Waals surface area contributed by atoms with Gasteiger partial charge in [0, 0.05) is 6.54 Å². The summed E-state index contributed by atoms with van der Waals surface area (Å²) < 4.78 is 10.5. The summed E-state index contributed by atoms with van der Waals surface area (Å²) in [5.41, 5.74) is 0.361. The minimum Gasteiger partial charge on any atom is -0.459 e. The zero-order chi connectivity index (χ0) is 15.5. The molecule has 1 aliphatic rings. The first-order valence-electron chi connectivity index (χ1n) is 7.07. The molecule has 0 aromatic heterocycles. The van der Waals surface area contributed by atoms with Crippen LogP contribution in [0.4, 0.5) is 4.79 Å². The van der Waals surface area contributed by atoms with Gasteiger partial charge in [0.05, 0.1) is 0 Å². The van der Waals surface area contributed by atoms with Crippen molar-refractivity contribution in [3.05, 3.63) is 35.9 Å². The Hall–Kier alpha value is -2.04.